The van der Waals surface area contributed by atoms with Crippen LogP contribution in [-0.2, 0) is 0 Å². The van der Waals surface area contributed by atoms with E-state index in [1.165, 1.54) is 44.1 Å². The molecule has 0 amide bonds. The number of benzene rings is 1. The molecule has 2 nitrogen and oxygen atoms in total. The van der Waals surface area contributed by atoms with Crippen molar-refractivity contribution < 1.29 is 4.74 Å². The lowest BCUT2D eigenvalue weighted by Crippen LogP contribution is -2.43. The molecule has 1 spiro atoms. The smallest absolute Gasteiger partial charge is 0.124 e. The Morgan fingerprint density at radius 2 is 2.10 bits per heavy atom. The Morgan fingerprint density at radius 3 is 2.90 bits per heavy atom. The maximum absolute atomic E-state index is 6.53. The fourth-order valence-electron chi connectivity index (χ4n) is 4.04. The van der Waals surface area contributed by atoms with Gasteiger partial charge in [-0.05, 0) is 44.7 Å². The predicted octanol–water partition coefficient (Wildman–Crippen LogP) is 4.46. The summed E-state index contributed by atoms with van der Waals surface area (Å²) in [6, 6.07) is 9.00. The molecule has 1 aromatic carbocycles. The molecular weight excluding hydrogens is 246 g/mol. The van der Waals surface area contributed by atoms with E-state index >= 15 is 0 Å². The average molecular weight is 273 g/mol. The van der Waals surface area contributed by atoms with Crippen molar-refractivity contribution in [1.82, 2.24) is 5.32 Å². The quantitative estimate of drug-likeness (QED) is 0.859. The van der Waals surface area contributed by atoms with Crippen LogP contribution in [0.4, 0.5) is 0 Å². The Labute approximate surface area is 122 Å². The number of rotatable bonds is 2. The van der Waals surface area contributed by atoms with E-state index in [1.54, 1.807) is 0 Å². The van der Waals surface area contributed by atoms with E-state index in [0.29, 0.717) is 6.04 Å². The molecule has 1 fully saturated rings. The third-order valence-electron chi connectivity index (χ3n) is 5.38. The number of nitrogens with one attached hydrogen (secondary N) is 1. The minimum absolute atomic E-state index is 0.0753. The first kappa shape index (κ1) is 13.9. The summed E-state index contributed by atoms with van der Waals surface area (Å²) in [5, 5.41) is 3.50. The molecule has 3 unspecified atom stereocenters. The van der Waals surface area contributed by atoms with Gasteiger partial charge in [0.15, 0.2) is 0 Å². The highest BCUT2D eigenvalue weighted by Gasteiger charge is 2.41. The summed E-state index contributed by atoms with van der Waals surface area (Å²) in [7, 11) is 2.08. The molecule has 1 saturated carbocycles. The van der Waals surface area contributed by atoms with Gasteiger partial charge in [-0.2, -0.15) is 0 Å². The Hall–Kier alpha value is -1.02. The molecule has 20 heavy (non-hydrogen) atoms. The minimum Gasteiger partial charge on any atom is -0.487 e. The predicted molar refractivity (Wildman–Crippen MR) is 83.1 cm³/mol. The van der Waals surface area contributed by atoms with Gasteiger partial charge in [0.1, 0.15) is 11.4 Å². The van der Waals surface area contributed by atoms with Crippen LogP contribution in [0.3, 0.4) is 0 Å². The van der Waals surface area contributed by atoms with Crippen LogP contribution in [0.1, 0.15) is 63.5 Å². The summed E-state index contributed by atoms with van der Waals surface area (Å²) in [4.78, 5) is 0. The van der Waals surface area contributed by atoms with Crippen LogP contribution in [0.5, 0.6) is 5.75 Å². The average Bonchev–Trinajstić information content (AvgIpc) is 2.69. The van der Waals surface area contributed by atoms with Crippen LogP contribution in [0.25, 0.3) is 0 Å². The maximum Gasteiger partial charge on any atom is 0.124 e. The molecule has 2 aliphatic rings. The van der Waals surface area contributed by atoms with E-state index in [4.69, 9.17) is 4.74 Å². The number of hydrogen-bond donors (Lipinski definition) is 1. The van der Waals surface area contributed by atoms with Crippen molar-refractivity contribution >= 4 is 0 Å². The van der Waals surface area contributed by atoms with Crippen LogP contribution < -0.4 is 10.1 Å². The molecule has 1 aromatic rings. The second-order valence-corrected chi connectivity index (χ2v) is 6.57. The van der Waals surface area contributed by atoms with E-state index < -0.39 is 0 Å². The summed E-state index contributed by atoms with van der Waals surface area (Å²) < 4.78 is 6.53. The van der Waals surface area contributed by atoms with Gasteiger partial charge < -0.3 is 10.1 Å². The fourth-order valence-corrected chi connectivity index (χ4v) is 4.04. The van der Waals surface area contributed by atoms with Crippen LogP contribution >= 0.6 is 0 Å². The summed E-state index contributed by atoms with van der Waals surface area (Å²) in [5.41, 5.74) is 1.41. The highest BCUT2D eigenvalue weighted by molar-refractivity contribution is 5.39. The summed E-state index contributed by atoms with van der Waals surface area (Å²) >= 11 is 0. The maximum atomic E-state index is 6.53. The van der Waals surface area contributed by atoms with E-state index in [-0.39, 0.29) is 5.60 Å². The molecule has 2 heteroatoms. The van der Waals surface area contributed by atoms with Crippen molar-refractivity contribution in [2.45, 2.75) is 63.5 Å². The van der Waals surface area contributed by atoms with Crippen LogP contribution in [0.2, 0.25) is 0 Å². The number of para-hydroxylation sites is 1. The first-order valence-electron chi connectivity index (χ1n) is 8.21. The Bertz CT molecular complexity index is 458. The monoisotopic (exact) mass is 273 g/mol. The number of fused-ring (bicyclic) bond motifs is 1. The minimum atomic E-state index is 0.0753. The molecule has 0 bridgehead atoms. The number of ether oxygens (including phenoxy) is 1. The summed E-state index contributed by atoms with van der Waals surface area (Å²) in [6.45, 7) is 2.33. The van der Waals surface area contributed by atoms with Crippen molar-refractivity contribution in [1.29, 1.82) is 0 Å². The van der Waals surface area contributed by atoms with Gasteiger partial charge in [-0.15, -0.1) is 0 Å². The van der Waals surface area contributed by atoms with Gasteiger partial charge in [-0.1, -0.05) is 38.0 Å². The zero-order valence-corrected chi connectivity index (χ0v) is 12.8. The molecule has 3 rings (SSSR count). The van der Waals surface area contributed by atoms with Crippen LogP contribution in [-0.4, -0.2) is 12.6 Å². The topological polar surface area (TPSA) is 21.3 Å². The van der Waals surface area contributed by atoms with E-state index in [2.05, 4.69) is 43.6 Å². The van der Waals surface area contributed by atoms with Gasteiger partial charge in [0.2, 0.25) is 0 Å². The molecule has 1 N–H and O–H groups in total. The number of hydrogen-bond acceptors (Lipinski definition) is 2. The molecule has 0 aromatic heterocycles. The van der Waals surface area contributed by atoms with Crippen molar-refractivity contribution in [3.8, 4) is 5.75 Å². The molecule has 1 aliphatic heterocycles. The lowest BCUT2D eigenvalue weighted by molar-refractivity contribution is 0.0162. The third kappa shape index (κ3) is 2.58. The zero-order valence-electron chi connectivity index (χ0n) is 12.8. The van der Waals surface area contributed by atoms with Gasteiger partial charge in [-0.25, -0.2) is 0 Å². The second kappa shape index (κ2) is 5.77. The summed E-state index contributed by atoms with van der Waals surface area (Å²) in [6.07, 6.45) is 8.91. The molecule has 0 saturated heterocycles. The van der Waals surface area contributed by atoms with Crippen LogP contribution in [0.15, 0.2) is 24.3 Å². The first-order valence-corrected chi connectivity index (χ1v) is 8.21. The van der Waals surface area contributed by atoms with Gasteiger partial charge in [0.05, 0.1) is 0 Å². The lowest BCUT2D eigenvalue weighted by Gasteiger charge is -2.42. The Balaban J connectivity index is 1.85. The lowest BCUT2D eigenvalue weighted by atomic mass is 9.82. The van der Waals surface area contributed by atoms with Crippen molar-refractivity contribution in [3.05, 3.63) is 29.8 Å². The highest BCUT2D eigenvalue weighted by atomic mass is 16.5. The van der Waals surface area contributed by atoms with Gasteiger partial charge >= 0.3 is 0 Å². The van der Waals surface area contributed by atoms with Gasteiger partial charge in [0, 0.05) is 18.0 Å². The van der Waals surface area contributed by atoms with Gasteiger partial charge in [0.25, 0.3) is 0 Å². The normalized spacial score (nSPS) is 33.3. The van der Waals surface area contributed by atoms with Crippen molar-refractivity contribution in [2.24, 2.45) is 5.92 Å². The van der Waals surface area contributed by atoms with Crippen LogP contribution in [0, 0.1) is 5.92 Å². The standard InChI is InChI=1S/C18H27NO/c1-3-14-7-6-11-18(12-10-14)13-16(19-2)15-8-4-5-9-17(15)20-18/h4-5,8-9,14,16,19H,3,6-7,10-13H2,1-2H3. The van der Waals surface area contributed by atoms with Crippen molar-refractivity contribution in [3.63, 3.8) is 0 Å². The second-order valence-electron chi connectivity index (χ2n) is 6.57. The Morgan fingerprint density at radius 1 is 1.25 bits per heavy atom. The molecular formula is C18H27NO. The SMILES string of the molecule is CCC1CCCC2(CC1)CC(NC)c1ccccc1O2. The van der Waals surface area contributed by atoms with E-state index in [1.807, 2.05) is 0 Å². The first-order chi connectivity index (χ1) is 9.76. The largest absolute Gasteiger partial charge is 0.487 e. The molecule has 1 heterocycles. The van der Waals surface area contributed by atoms with E-state index in [0.717, 1.165) is 18.1 Å². The molecule has 110 valence electrons. The third-order valence-corrected chi connectivity index (χ3v) is 5.38. The molecule has 1 aliphatic carbocycles. The molecule has 0 radical (unpaired) electrons. The molecule has 3 atom stereocenters. The Kier molecular flexibility index (Phi) is 4.02. The summed E-state index contributed by atoms with van der Waals surface area (Å²) in [5.74, 6) is 2.01. The zero-order chi connectivity index (χ0) is 14.0. The van der Waals surface area contributed by atoms with Crippen molar-refractivity contribution in [2.75, 3.05) is 7.05 Å². The van der Waals surface area contributed by atoms with E-state index in [9.17, 15) is 0 Å². The highest BCUT2D eigenvalue weighted by Crippen LogP contribution is 2.46. The van der Waals surface area contributed by atoms with Gasteiger partial charge in [-0.3, -0.25) is 0 Å². The fraction of sp³-hybridized carbons (Fsp3) is 0.667.